The molecular weight excluding hydrogens is 270 g/mol. The largest absolute Gasteiger partial charge is 0.467 e. The van der Waals surface area contributed by atoms with Crippen molar-refractivity contribution in [2.45, 2.75) is 13.0 Å². The Morgan fingerprint density at radius 3 is 2.62 bits per heavy atom. The van der Waals surface area contributed by atoms with Gasteiger partial charge in [-0.1, -0.05) is 30.3 Å². The number of nitrogens with two attached hydrogens (primary N) is 1. The van der Waals surface area contributed by atoms with Crippen LogP contribution in [0.5, 0.6) is 0 Å². The number of anilines is 2. The number of benzene rings is 1. The highest BCUT2D eigenvalue weighted by molar-refractivity contribution is 5.80. The van der Waals surface area contributed by atoms with E-state index in [1.165, 1.54) is 7.11 Å². The zero-order valence-corrected chi connectivity index (χ0v) is 11.8. The minimum Gasteiger partial charge on any atom is -0.467 e. The summed E-state index contributed by atoms with van der Waals surface area (Å²) in [4.78, 5) is 20.2. The standard InChI is InChI=1S/C14H17N5O2/c1-9-8-11(18-14(16-9)19-15)17-12(13(20)21-2)10-6-4-3-5-7-10/h3-8,12H,15H2,1-2H3,(H2,16,17,18,19). The maximum Gasteiger partial charge on any atom is 0.333 e. The molecule has 0 amide bonds. The van der Waals surface area contributed by atoms with Gasteiger partial charge >= 0.3 is 5.97 Å². The monoisotopic (exact) mass is 287 g/mol. The molecule has 2 rings (SSSR count). The van der Waals surface area contributed by atoms with Gasteiger partial charge in [-0.3, -0.25) is 5.43 Å². The summed E-state index contributed by atoms with van der Waals surface area (Å²) in [6.07, 6.45) is 0. The number of aromatic nitrogens is 2. The van der Waals surface area contributed by atoms with Gasteiger partial charge in [-0.05, 0) is 12.5 Å². The van der Waals surface area contributed by atoms with Crippen molar-refractivity contribution in [1.82, 2.24) is 9.97 Å². The molecule has 0 spiro atoms. The zero-order valence-electron chi connectivity index (χ0n) is 11.8. The quantitative estimate of drug-likeness (QED) is 0.434. The van der Waals surface area contributed by atoms with E-state index in [1.54, 1.807) is 6.07 Å². The molecule has 1 atom stereocenters. The lowest BCUT2D eigenvalue weighted by Crippen LogP contribution is -2.23. The molecule has 1 heterocycles. The van der Waals surface area contributed by atoms with Crippen LogP contribution in [-0.4, -0.2) is 23.0 Å². The van der Waals surface area contributed by atoms with Gasteiger partial charge in [0.1, 0.15) is 5.82 Å². The summed E-state index contributed by atoms with van der Waals surface area (Å²) >= 11 is 0. The van der Waals surface area contributed by atoms with Crippen LogP contribution in [0.25, 0.3) is 0 Å². The van der Waals surface area contributed by atoms with Gasteiger partial charge in [0, 0.05) is 11.8 Å². The Morgan fingerprint density at radius 1 is 1.29 bits per heavy atom. The lowest BCUT2D eigenvalue weighted by atomic mass is 10.1. The van der Waals surface area contributed by atoms with Crippen molar-refractivity contribution in [2.24, 2.45) is 5.84 Å². The zero-order chi connectivity index (χ0) is 15.2. The van der Waals surface area contributed by atoms with Gasteiger partial charge in [0.2, 0.25) is 5.95 Å². The number of carbonyl (C=O) groups excluding carboxylic acids is 1. The Morgan fingerprint density at radius 2 is 2.00 bits per heavy atom. The summed E-state index contributed by atoms with van der Waals surface area (Å²) in [5.74, 6) is 5.67. The van der Waals surface area contributed by atoms with Crippen LogP contribution < -0.4 is 16.6 Å². The van der Waals surface area contributed by atoms with Gasteiger partial charge in [-0.25, -0.2) is 15.6 Å². The van der Waals surface area contributed by atoms with Crippen LogP contribution in [0.15, 0.2) is 36.4 Å². The Kier molecular flexibility index (Phi) is 4.68. The average Bonchev–Trinajstić information content (AvgIpc) is 2.52. The number of nitrogen functional groups attached to an aromatic ring is 1. The second kappa shape index (κ2) is 6.67. The number of ether oxygens (including phenoxy) is 1. The number of nitrogens with one attached hydrogen (secondary N) is 2. The molecule has 0 aliphatic heterocycles. The van der Waals surface area contributed by atoms with Crippen LogP contribution in [0.2, 0.25) is 0 Å². The van der Waals surface area contributed by atoms with Gasteiger partial charge < -0.3 is 10.1 Å². The van der Waals surface area contributed by atoms with Crippen molar-refractivity contribution < 1.29 is 9.53 Å². The van der Waals surface area contributed by atoms with Crippen molar-refractivity contribution in [1.29, 1.82) is 0 Å². The van der Waals surface area contributed by atoms with Crippen molar-refractivity contribution in [2.75, 3.05) is 17.9 Å². The maximum absolute atomic E-state index is 12.0. The van der Waals surface area contributed by atoms with Gasteiger partial charge in [-0.2, -0.15) is 4.98 Å². The number of nitrogens with zero attached hydrogens (tertiary/aromatic N) is 2. The SMILES string of the molecule is COC(=O)C(Nc1cc(C)nc(NN)n1)c1ccccc1. The molecule has 1 aromatic heterocycles. The number of aryl methyl sites for hydroxylation is 1. The van der Waals surface area contributed by atoms with Gasteiger partial charge in [-0.15, -0.1) is 0 Å². The van der Waals surface area contributed by atoms with E-state index >= 15 is 0 Å². The summed E-state index contributed by atoms with van der Waals surface area (Å²) < 4.78 is 4.84. The normalized spacial score (nSPS) is 11.6. The van der Waals surface area contributed by atoms with Gasteiger partial charge in [0.25, 0.3) is 0 Å². The lowest BCUT2D eigenvalue weighted by molar-refractivity contribution is -0.141. The molecule has 1 aromatic carbocycles. The first-order valence-corrected chi connectivity index (χ1v) is 6.35. The summed E-state index contributed by atoms with van der Waals surface area (Å²) in [6, 6.07) is 10.3. The molecule has 0 radical (unpaired) electrons. The van der Waals surface area contributed by atoms with Crippen LogP contribution in [0.4, 0.5) is 11.8 Å². The van der Waals surface area contributed by atoms with Crippen LogP contribution in [0, 0.1) is 6.92 Å². The number of hydrogen-bond acceptors (Lipinski definition) is 7. The smallest absolute Gasteiger partial charge is 0.333 e. The summed E-state index contributed by atoms with van der Waals surface area (Å²) in [7, 11) is 1.35. The third-order valence-corrected chi connectivity index (χ3v) is 2.85. The fourth-order valence-corrected chi connectivity index (χ4v) is 1.90. The maximum atomic E-state index is 12.0. The second-order valence-corrected chi connectivity index (χ2v) is 4.37. The van der Waals surface area contributed by atoms with E-state index in [-0.39, 0.29) is 5.95 Å². The van der Waals surface area contributed by atoms with E-state index in [4.69, 9.17) is 10.6 Å². The predicted octanol–water partition coefficient (Wildman–Crippen LogP) is 1.40. The highest BCUT2D eigenvalue weighted by Gasteiger charge is 2.21. The minimum absolute atomic E-state index is 0.272. The van der Waals surface area contributed by atoms with Crippen LogP contribution >= 0.6 is 0 Å². The molecule has 7 nitrogen and oxygen atoms in total. The molecule has 0 saturated carbocycles. The van der Waals surface area contributed by atoms with E-state index in [9.17, 15) is 4.79 Å². The Labute approximate surface area is 122 Å². The first-order valence-electron chi connectivity index (χ1n) is 6.35. The van der Waals surface area contributed by atoms with E-state index < -0.39 is 12.0 Å². The summed E-state index contributed by atoms with van der Waals surface area (Å²) in [5, 5.41) is 3.04. The molecule has 0 bridgehead atoms. The number of hydrogen-bond donors (Lipinski definition) is 3. The lowest BCUT2D eigenvalue weighted by Gasteiger charge is -2.18. The van der Waals surface area contributed by atoms with Gasteiger partial charge in [0.05, 0.1) is 7.11 Å². The molecule has 0 aliphatic rings. The Bertz CT molecular complexity index is 618. The Hall–Kier alpha value is -2.67. The Balaban J connectivity index is 2.31. The van der Waals surface area contributed by atoms with Crippen molar-refractivity contribution >= 4 is 17.7 Å². The molecule has 1 unspecified atom stereocenters. The molecule has 4 N–H and O–H groups in total. The molecule has 0 aliphatic carbocycles. The van der Waals surface area contributed by atoms with Crippen molar-refractivity contribution in [3.8, 4) is 0 Å². The molecule has 7 heteroatoms. The highest BCUT2D eigenvalue weighted by Crippen LogP contribution is 2.20. The van der Waals surface area contributed by atoms with Crippen molar-refractivity contribution in [3.63, 3.8) is 0 Å². The molecule has 0 fully saturated rings. The van der Waals surface area contributed by atoms with Crippen LogP contribution in [-0.2, 0) is 9.53 Å². The average molecular weight is 287 g/mol. The highest BCUT2D eigenvalue weighted by atomic mass is 16.5. The number of rotatable bonds is 5. The number of methoxy groups -OCH3 is 1. The molecule has 21 heavy (non-hydrogen) atoms. The third-order valence-electron chi connectivity index (χ3n) is 2.85. The molecule has 2 aromatic rings. The van der Waals surface area contributed by atoms with Crippen LogP contribution in [0.3, 0.4) is 0 Å². The number of hydrazine groups is 1. The first kappa shape index (κ1) is 14.7. The molecular formula is C14H17N5O2. The van der Waals surface area contributed by atoms with Gasteiger partial charge in [0.15, 0.2) is 6.04 Å². The number of esters is 1. The first-order chi connectivity index (χ1) is 10.1. The minimum atomic E-state index is -0.656. The van der Waals surface area contributed by atoms with E-state index in [2.05, 4.69) is 20.7 Å². The number of carbonyl (C=O) groups is 1. The predicted molar refractivity (Wildman–Crippen MR) is 79.4 cm³/mol. The van der Waals surface area contributed by atoms with Crippen LogP contribution in [0.1, 0.15) is 17.3 Å². The topological polar surface area (TPSA) is 102 Å². The second-order valence-electron chi connectivity index (χ2n) is 4.37. The molecule has 110 valence electrons. The van der Waals surface area contributed by atoms with E-state index in [1.807, 2.05) is 37.3 Å². The van der Waals surface area contributed by atoms with Crippen molar-refractivity contribution in [3.05, 3.63) is 47.7 Å². The van der Waals surface area contributed by atoms with E-state index in [0.717, 1.165) is 11.3 Å². The molecule has 0 saturated heterocycles. The third kappa shape index (κ3) is 3.67. The summed E-state index contributed by atoms with van der Waals surface area (Å²) in [5.41, 5.74) is 3.89. The fourth-order valence-electron chi connectivity index (χ4n) is 1.90. The van der Waals surface area contributed by atoms with E-state index in [0.29, 0.717) is 5.82 Å². The fraction of sp³-hybridized carbons (Fsp3) is 0.214. The summed E-state index contributed by atoms with van der Waals surface area (Å²) in [6.45, 7) is 1.81.